The van der Waals surface area contributed by atoms with Crippen LogP contribution in [0.4, 0.5) is 5.69 Å². The molecule has 0 unspecified atom stereocenters. The first-order chi connectivity index (χ1) is 11.3. The fourth-order valence-electron chi connectivity index (χ4n) is 4.14. The summed E-state index contributed by atoms with van der Waals surface area (Å²) in [6, 6.07) is 7.95. The number of para-hydroxylation sites is 1. The van der Waals surface area contributed by atoms with E-state index in [-0.39, 0.29) is 34.9 Å². The summed E-state index contributed by atoms with van der Waals surface area (Å²) >= 11 is 1.48. The Kier molecular flexibility index (Phi) is 4.90. The van der Waals surface area contributed by atoms with Crippen molar-refractivity contribution in [1.29, 1.82) is 0 Å². The quantitative estimate of drug-likeness (QED) is 0.875. The maximum absolute atomic E-state index is 12.5. The van der Waals surface area contributed by atoms with Gasteiger partial charge in [-0.25, -0.2) is 0 Å². The van der Waals surface area contributed by atoms with Crippen molar-refractivity contribution in [2.24, 2.45) is 11.3 Å². The number of carbonyl (C=O) groups is 2. The number of nitrogens with one attached hydrogen (secondary N) is 2. The van der Waals surface area contributed by atoms with Crippen molar-refractivity contribution in [3.05, 3.63) is 24.3 Å². The van der Waals surface area contributed by atoms with Gasteiger partial charge in [0.15, 0.2) is 0 Å². The molecule has 1 saturated carbocycles. The van der Waals surface area contributed by atoms with E-state index in [9.17, 15) is 9.59 Å². The molecule has 0 spiro atoms. The fourth-order valence-corrected chi connectivity index (χ4v) is 5.25. The number of rotatable bonds is 3. The Morgan fingerprint density at radius 2 is 2.08 bits per heavy atom. The summed E-state index contributed by atoms with van der Waals surface area (Å²) in [5.74, 6) is 0.529. The van der Waals surface area contributed by atoms with E-state index in [1.165, 1.54) is 18.2 Å². The van der Waals surface area contributed by atoms with Crippen LogP contribution in [0.1, 0.15) is 46.5 Å². The molecule has 130 valence electrons. The summed E-state index contributed by atoms with van der Waals surface area (Å²) in [5, 5.41) is 5.71. The van der Waals surface area contributed by atoms with Gasteiger partial charge in [0.25, 0.3) is 0 Å². The van der Waals surface area contributed by atoms with Gasteiger partial charge in [-0.15, -0.1) is 11.8 Å². The predicted octanol–water partition coefficient (Wildman–Crippen LogP) is 3.82. The molecule has 1 aromatic rings. The van der Waals surface area contributed by atoms with Gasteiger partial charge < -0.3 is 10.6 Å². The Hall–Kier alpha value is -1.49. The zero-order valence-electron chi connectivity index (χ0n) is 14.6. The molecule has 5 heteroatoms. The largest absolute Gasteiger partial charge is 0.353 e. The smallest absolute Gasteiger partial charge is 0.238 e. The summed E-state index contributed by atoms with van der Waals surface area (Å²) in [4.78, 5) is 25.7. The van der Waals surface area contributed by atoms with Crippen LogP contribution >= 0.6 is 11.8 Å². The number of hydrogen-bond acceptors (Lipinski definition) is 3. The minimum atomic E-state index is -0.353. The van der Waals surface area contributed by atoms with E-state index in [2.05, 4.69) is 31.4 Å². The third-order valence-electron chi connectivity index (χ3n) is 4.83. The monoisotopic (exact) mass is 346 g/mol. The molecule has 2 N–H and O–H groups in total. The molecule has 1 aromatic carbocycles. The molecule has 0 aromatic heterocycles. The summed E-state index contributed by atoms with van der Waals surface area (Å²) in [6.45, 7) is 6.79. The van der Waals surface area contributed by atoms with Crippen LogP contribution in [-0.4, -0.2) is 23.1 Å². The molecule has 2 amide bonds. The SMILES string of the molecule is C[C@@H]1C[C@H](NC(=O)C[C@@H]2Sc3ccccc3NC2=O)CC(C)(C)C1. The van der Waals surface area contributed by atoms with Gasteiger partial charge >= 0.3 is 0 Å². The van der Waals surface area contributed by atoms with Crippen LogP contribution in [0.3, 0.4) is 0 Å². The first-order valence-corrected chi connectivity index (χ1v) is 9.56. The number of carbonyl (C=O) groups excluding carboxylic acids is 2. The Bertz CT molecular complexity index is 644. The number of anilines is 1. The lowest BCUT2D eigenvalue weighted by Gasteiger charge is -2.39. The highest BCUT2D eigenvalue weighted by Crippen LogP contribution is 2.39. The Balaban J connectivity index is 1.58. The van der Waals surface area contributed by atoms with Crippen molar-refractivity contribution >= 4 is 29.3 Å². The number of benzene rings is 1. The summed E-state index contributed by atoms with van der Waals surface area (Å²) in [5.41, 5.74) is 1.11. The average molecular weight is 346 g/mol. The number of hydrogen-bond donors (Lipinski definition) is 2. The first-order valence-electron chi connectivity index (χ1n) is 8.68. The topological polar surface area (TPSA) is 58.2 Å². The molecule has 4 nitrogen and oxygen atoms in total. The second kappa shape index (κ2) is 6.79. The van der Waals surface area contributed by atoms with Gasteiger partial charge in [-0.2, -0.15) is 0 Å². The van der Waals surface area contributed by atoms with Crippen molar-refractivity contribution < 1.29 is 9.59 Å². The molecule has 1 fully saturated rings. The molecule has 0 saturated heterocycles. The fraction of sp³-hybridized carbons (Fsp3) is 0.579. The predicted molar refractivity (Wildman–Crippen MR) is 98.1 cm³/mol. The summed E-state index contributed by atoms with van der Waals surface area (Å²) in [7, 11) is 0. The van der Waals surface area contributed by atoms with Gasteiger partial charge in [0.05, 0.1) is 10.9 Å². The Morgan fingerprint density at radius 1 is 1.33 bits per heavy atom. The molecule has 1 aliphatic carbocycles. The number of amides is 2. The molecule has 1 aliphatic heterocycles. The van der Waals surface area contributed by atoms with Crippen molar-refractivity contribution in [3.8, 4) is 0 Å². The van der Waals surface area contributed by atoms with Gasteiger partial charge in [0.2, 0.25) is 11.8 Å². The molecule has 2 aliphatic rings. The van der Waals surface area contributed by atoms with Crippen LogP contribution < -0.4 is 10.6 Å². The van der Waals surface area contributed by atoms with Gasteiger partial charge in [0.1, 0.15) is 0 Å². The Labute approximate surface area is 148 Å². The molecule has 0 bridgehead atoms. The van der Waals surface area contributed by atoms with Crippen LogP contribution in [0.2, 0.25) is 0 Å². The normalized spacial score (nSPS) is 28.6. The molecular weight excluding hydrogens is 320 g/mol. The van der Waals surface area contributed by atoms with E-state index in [1.807, 2.05) is 24.3 Å². The van der Waals surface area contributed by atoms with Gasteiger partial charge in [-0.3, -0.25) is 9.59 Å². The van der Waals surface area contributed by atoms with Gasteiger partial charge in [-0.05, 0) is 42.7 Å². The van der Waals surface area contributed by atoms with Crippen LogP contribution in [0.5, 0.6) is 0 Å². The van der Waals surface area contributed by atoms with E-state index in [1.54, 1.807) is 0 Å². The zero-order chi connectivity index (χ0) is 17.3. The third kappa shape index (κ3) is 4.12. The van der Waals surface area contributed by atoms with Crippen LogP contribution in [-0.2, 0) is 9.59 Å². The molecule has 1 heterocycles. The van der Waals surface area contributed by atoms with Gasteiger partial charge in [0, 0.05) is 17.4 Å². The highest BCUT2D eigenvalue weighted by molar-refractivity contribution is 8.01. The van der Waals surface area contributed by atoms with E-state index in [0.29, 0.717) is 5.92 Å². The van der Waals surface area contributed by atoms with Crippen molar-refractivity contribution in [3.63, 3.8) is 0 Å². The number of thioether (sulfide) groups is 1. The third-order valence-corrected chi connectivity index (χ3v) is 6.10. The maximum Gasteiger partial charge on any atom is 0.238 e. The Morgan fingerprint density at radius 3 is 2.83 bits per heavy atom. The summed E-state index contributed by atoms with van der Waals surface area (Å²) in [6.07, 6.45) is 3.48. The lowest BCUT2D eigenvalue weighted by molar-refractivity contribution is -0.125. The van der Waals surface area contributed by atoms with Crippen LogP contribution in [0, 0.1) is 11.3 Å². The molecular formula is C19H26N2O2S. The first kappa shape index (κ1) is 17.3. The zero-order valence-corrected chi connectivity index (χ0v) is 15.4. The molecule has 24 heavy (non-hydrogen) atoms. The molecule has 0 radical (unpaired) electrons. The lowest BCUT2D eigenvalue weighted by atomic mass is 9.70. The highest BCUT2D eigenvalue weighted by atomic mass is 32.2. The minimum absolute atomic E-state index is 0.0167. The molecule has 3 rings (SSSR count). The van der Waals surface area contributed by atoms with Gasteiger partial charge in [-0.1, -0.05) is 32.9 Å². The second-order valence-corrected chi connectivity index (χ2v) is 9.22. The maximum atomic E-state index is 12.5. The highest BCUT2D eigenvalue weighted by Gasteiger charge is 2.34. The lowest BCUT2D eigenvalue weighted by Crippen LogP contribution is -2.44. The average Bonchev–Trinajstić information content (AvgIpc) is 2.45. The van der Waals surface area contributed by atoms with Crippen molar-refractivity contribution in [2.45, 2.75) is 62.6 Å². The van der Waals surface area contributed by atoms with Crippen LogP contribution in [0.25, 0.3) is 0 Å². The number of fused-ring (bicyclic) bond motifs is 1. The van der Waals surface area contributed by atoms with E-state index in [0.717, 1.165) is 23.4 Å². The van der Waals surface area contributed by atoms with Crippen molar-refractivity contribution in [1.82, 2.24) is 5.32 Å². The standard InChI is InChI=1S/C19H26N2O2S/c1-12-8-13(11-19(2,3)10-12)20-17(22)9-16-18(23)21-14-6-4-5-7-15(14)24-16/h4-7,12-13,16H,8-11H2,1-3H3,(H,20,22)(H,21,23)/t12-,13+,16+/m1/s1. The summed E-state index contributed by atoms with van der Waals surface area (Å²) < 4.78 is 0. The molecule has 3 atom stereocenters. The van der Waals surface area contributed by atoms with E-state index < -0.39 is 0 Å². The van der Waals surface area contributed by atoms with E-state index in [4.69, 9.17) is 0 Å². The second-order valence-electron chi connectivity index (χ2n) is 7.97. The van der Waals surface area contributed by atoms with Crippen molar-refractivity contribution in [2.75, 3.05) is 5.32 Å². The van der Waals surface area contributed by atoms with E-state index >= 15 is 0 Å². The van der Waals surface area contributed by atoms with Crippen LogP contribution in [0.15, 0.2) is 29.2 Å². The minimum Gasteiger partial charge on any atom is -0.353 e.